The van der Waals surface area contributed by atoms with Crippen molar-refractivity contribution in [1.82, 2.24) is 9.97 Å². The molecule has 0 amide bonds. The second kappa shape index (κ2) is 5.03. The molecule has 1 aromatic carbocycles. The van der Waals surface area contributed by atoms with Gasteiger partial charge in [-0.1, -0.05) is 0 Å². The molecule has 1 aromatic heterocycles. The molecule has 2 aromatic rings. The van der Waals surface area contributed by atoms with E-state index in [1.165, 1.54) is 32.2 Å². The smallest absolute Gasteiger partial charge is 0.338 e. The van der Waals surface area contributed by atoms with Crippen molar-refractivity contribution in [2.75, 3.05) is 19.0 Å². The van der Waals surface area contributed by atoms with Crippen LogP contribution in [0.15, 0.2) is 18.3 Å². The number of carbonyl (C=O) groups excluding carboxylic acids is 1. The van der Waals surface area contributed by atoms with Crippen LogP contribution in [0, 0.1) is 11.7 Å². The molecule has 1 saturated carbocycles. The first-order valence-electron chi connectivity index (χ1n) is 6.46. The SMILES string of the molecule is COC(=O)c1cc(F)c2cnc(NCC3CC3)nc2c1. The minimum atomic E-state index is -0.586. The van der Waals surface area contributed by atoms with Crippen LogP contribution in [0.5, 0.6) is 0 Å². The molecule has 0 radical (unpaired) electrons. The normalized spacial score (nSPS) is 14.3. The van der Waals surface area contributed by atoms with Gasteiger partial charge in [-0.3, -0.25) is 0 Å². The van der Waals surface area contributed by atoms with E-state index in [0.29, 0.717) is 17.4 Å². The molecule has 0 saturated heterocycles. The summed E-state index contributed by atoms with van der Waals surface area (Å²) in [6.45, 7) is 0.824. The lowest BCUT2D eigenvalue weighted by atomic mass is 10.1. The highest BCUT2D eigenvalue weighted by Crippen LogP contribution is 2.28. The lowest BCUT2D eigenvalue weighted by Crippen LogP contribution is -2.07. The van der Waals surface area contributed by atoms with Gasteiger partial charge in [0.1, 0.15) is 5.82 Å². The minimum absolute atomic E-state index is 0.143. The molecule has 1 fully saturated rings. The maximum absolute atomic E-state index is 13.9. The number of rotatable bonds is 4. The van der Waals surface area contributed by atoms with E-state index in [1.54, 1.807) is 0 Å². The second-order valence-electron chi connectivity index (χ2n) is 4.90. The third-order valence-corrected chi connectivity index (χ3v) is 3.32. The van der Waals surface area contributed by atoms with Gasteiger partial charge in [-0.25, -0.2) is 19.2 Å². The van der Waals surface area contributed by atoms with Crippen LogP contribution in [0.1, 0.15) is 23.2 Å². The molecule has 104 valence electrons. The molecule has 3 rings (SSSR count). The number of nitrogens with zero attached hydrogens (tertiary/aromatic N) is 2. The van der Waals surface area contributed by atoms with Crippen molar-refractivity contribution >= 4 is 22.8 Å². The number of hydrogen-bond donors (Lipinski definition) is 1. The number of benzene rings is 1. The van der Waals surface area contributed by atoms with Crippen LogP contribution in [-0.2, 0) is 4.74 Å². The number of methoxy groups -OCH3 is 1. The Morgan fingerprint density at radius 3 is 3.00 bits per heavy atom. The first kappa shape index (κ1) is 12.8. The summed E-state index contributed by atoms with van der Waals surface area (Å²) in [5.74, 6) is 0.0202. The van der Waals surface area contributed by atoms with Crippen molar-refractivity contribution in [3.05, 3.63) is 29.7 Å². The Balaban J connectivity index is 1.95. The van der Waals surface area contributed by atoms with Gasteiger partial charge in [0, 0.05) is 12.7 Å². The molecule has 0 atom stereocenters. The fourth-order valence-corrected chi connectivity index (χ4v) is 1.97. The summed E-state index contributed by atoms with van der Waals surface area (Å²) in [4.78, 5) is 19.8. The molecular formula is C14H14FN3O2. The van der Waals surface area contributed by atoms with Gasteiger partial charge < -0.3 is 10.1 Å². The number of esters is 1. The highest BCUT2D eigenvalue weighted by atomic mass is 19.1. The predicted octanol–water partition coefficient (Wildman–Crippen LogP) is 2.38. The quantitative estimate of drug-likeness (QED) is 0.868. The first-order chi connectivity index (χ1) is 9.67. The van der Waals surface area contributed by atoms with E-state index in [-0.39, 0.29) is 10.9 Å². The van der Waals surface area contributed by atoms with Gasteiger partial charge in [-0.05, 0) is 30.9 Å². The van der Waals surface area contributed by atoms with Crippen LogP contribution in [0.2, 0.25) is 0 Å². The van der Waals surface area contributed by atoms with Crippen molar-refractivity contribution in [3.63, 3.8) is 0 Å². The van der Waals surface area contributed by atoms with Gasteiger partial charge in [0.2, 0.25) is 5.95 Å². The highest BCUT2D eigenvalue weighted by Gasteiger charge is 2.21. The third-order valence-electron chi connectivity index (χ3n) is 3.32. The van der Waals surface area contributed by atoms with Crippen LogP contribution in [0.3, 0.4) is 0 Å². The molecule has 0 bridgehead atoms. The molecule has 1 heterocycles. The van der Waals surface area contributed by atoms with Crippen LogP contribution < -0.4 is 5.32 Å². The Labute approximate surface area is 115 Å². The van der Waals surface area contributed by atoms with Crippen LogP contribution in [0.4, 0.5) is 10.3 Å². The highest BCUT2D eigenvalue weighted by molar-refractivity contribution is 5.94. The van der Waals surface area contributed by atoms with E-state index in [1.807, 2.05) is 0 Å². The number of halogens is 1. The van der Waals surface area contributed by atoms with Gasteiger partial charge in [0.25, 0.3) is 0 Å². The second-order valence-corrected chi connectivity index (χ2v) is 4.90. The molecule has 1 aliphatic rings. The summed E-state index contributed by atoms with van der Waals surface area (Å²) in [6, 6.07) is 2.64. The molecule has 1 N–H and O–H groups in total. The average molecular weight is 275 g/mol. The van der Waals surface area contributed by atoms with E-state index < -0.39 is 11.8 Å². The first-order valence-corrected chi connectivity index (χ1v) is 6.46. The zero-order chi connectivity index (χ0) is 14.1. The predicted molar refractivity (Wildman–Crippen MR) is 72.0 cm³/mol. The molecule has 0 spiro atoms. The summed E-state index contributed by atoms with van der Waals surface area (Å²) in [6.07, 6.45) is 3.87. The monoisotopic (exact) mass is 275 g/mol. The molecular weight excluding hydrogens is 261 g/mol. The maximum Gasteiger partial charge on any atom is 0.338 e. The van der Waals surface area contributed by atoms with Gasteiger partial charge in [0.15, 0.2) is 0 Å². The number of ether oxygens (including phenoxy) is 1. The van der Waals surface area contributed by atoms with Crippen LogP contribution >= 0.6 is 0 Å². The van der Waals surface area contributed by atoms with E-state index in [0.717, 1.165) is 12.6 Å². The van der Waals surface area contributed by atoms with E-state index in [9.17, 15) is 9.18 Å². The van der Waals surface area contributed by atoms with Crippen LogP contribution in [0.25, 0.3) is 10.9 Å². The third kappa shape index (κ3) is 2.54. The summed E-state index contributed by atoms with van der Waals surface area (Å²) in [5, 5.41) is 3.41. The fraction of sp³-hybridized carbons (Fsp3) is 0.357. The number of hydrogen-bond acceptors (Lipinski definition) is 5. The molecule has 0 aliphatic heterocycles. The number of aromatic nitrogens is 2. The van der Waals surface area contributed by atoms with Crippen molar-refractivity contribution < 1.29 is 13.9 Å². The van der Waals surface area contributed by atoms with Crippen molar-refractivity contribution in [1.29, 1.82) is 0 Å². The molecule has 1 aliphatic carbocycles. The average Bonchev–Trinajstić information content (AvgIpc) is 3.28. The summed E-state index contributed by atoms with van der Waals surface area (Å²) < 4.78 is 18.5. The summed E-state index contributed by atoms with van der Waals surface area (Å²) >= 11 is 0. The summed E-state index contributed by atoms with van der Waals surface area (Å²) in [5.41, 5.74) is 0.531. The van der Waals surface area contributed by atoms with Crippen LogP contribution in [-0.4, -0.2) is 29.6 Å². The molecule has 20 heavy (non-hydrogen) atoms. The van der Waals surface area contributed by atoms with Gasteiger partial charge in [0.05, 0.1) is 23.6 Å². The topological polar surface area (TPSA) is 64.1 Å². The van der Waals surface area contributed by atoms with E-state index >= 15 is 0 Å². The molecule has 0 unspecified atom stereocenters. The zero-order valence-corrected chi connectivity index (χ0v) is 11.0. The Morgan fingerprint density at radius 1 is 1.50 bits per heavy atom. The van der Waals surface area contributed by atoms with E-state index in [4.69, 9.17) is 0 Å². The Kier molecular flexibility index (Phi) is 3.22. The lowest BCUT2D eigenvalue weighted by Gasteiger charge is -2.06. The number of fused-ring (bicyclic) bond motifs is 1. The van der Waals surface area contributed by atoms with Gasteiger partial charge >= 0.3 is 5.97 Å². The zero-order valence-electron chi connectivity index (χ0n) is 11.0. The van der Waals surface area contributed by atoms with Gasteiger partial charge in [-0.2, -0.15) is 0 Å². The number of carbonyl (C=O) groups is 1. The number of anilines is 1. The molecule has 5 nitrogen and oxygen atoms in total. The maximum atomic E-state index is 13.9. The Bertz CT molecular complexity index is 671. The summed E-state index contributed by atoms with van der Waals surface area (Å²) in [7, 11) is 1.26. The Hall–Kier alpha value is -2.24. The standard InChI is InChI=1S/C14H14FN3O2/c1-20-13(19)9-4-11(15)10-7-17-14(18-12(10)5-9)16-6-8-2-3-8/h4-5,7-8H,2-3,6H2,1H3,(H,16,17,18). The lowest BCUT2D eigenvalue weighted by molar-refractivity contribution is 0.0600. The van der Waals surface area contributed by atoms with Crippen molar-refractivity contribution in [3.8, 4) is 0 Å². The van der Waals surface area contributed by atoms with Crippen molar-refractivity contribution in [2.24, 2.45) is 5.92 Å². The van der Waals surface area contributed by atoms with Crippen molar-refractivity contribution in [2.45, 2.75) is 12.8 Å². The Morgan fingerprint density at radius 2 is 2.30 bits per heavy atom. The number of nitrogens with one attached hydrogen (secondary N) is 1. The van der Waals surface area contributed by atoms with E-state index in [2.05, 4.69) is 20.0 Å². The van der Waals surface area contributed by atoms with Gasteiger partial charge in [-0.15, -0.1) is 0 Å². The minimum Gasteiger partial charge on any atom is -0.465 e. The largest absolute Gasteiger partial charge is 0.465 e. The fourth-order valence-electron chi connectivity index (χ4n) is 1.97. The molecule has 6 heteroatoms.